The molecule has 0 saturated carbocycles. The van der Waals surface area contributed by atoms with Gasteiger partial charge in [0, 0.05) is 11.4 Å². The summed E-state index contributed by atoms with van der Waals surface area (Å²) in [4.78, 5) is 26.1. The van der Waals surface area contributed by atoms with Crippen molar-refractivity contribution < 1.29 is 14.7 Å². The van der Waals surface area contributed by atoms with Crippen LogP contribution in [-0.4, -0.2) is 35.0 Å². The lowest BCUT2D eigenvalue weighted by atomic mass is 10.2. The topological polar surface area (TPSA) is 57.6 Å². The minimum atomic E-state index is -0.971. The lowest BCUT2D eigenvalue weighted by Crippen LogP contribution is -2.35. The number of hydrogen-bond acceptors (Lipinski definition) is 3. The zero-order chi connectivity index (χ0) is 13.7. The van der Waals surface area contributed by atoms with E-state index in [-0.39, 0.29) is 12.5 Å². The molecule has 18 heavy (non-hydrogen) atoms. The minimum absolute atomic E-state index is 0.174. The fraction of sp³-hybridized carbons (Fsp3) is 0.538. The molecule has 0 aromatic carbocycles. The van der Waals surface area contributed by atoms with Gasteiger partial charge in [-0.05, 0) is 31.4 Å². The number of carboxylic acids is 1. The van der Waals surface area contributed by atoms with Crippen molar-refractivity contribution >= 4 is 23.2 Å². The van der Waals surface area contributed by atoms with Gasteiger partial charge in [0.2, 0.25) is 0 Å². The number of rotatable bonds is 6. The van der Waals surface area contributed by atoms with Gasteiger partial charge in [-0.3, -0.25) is 9.59 Å². The van der Waals surface area contributed by atoms with Crippen molar-refractivity contribution in [2.45, 2.75) is 33.6 Å². The lowest BCUT2D eigenvalue weighted by Gasteiger charge is -2.18. The van der Waals surface area contributed by atoms with Gasteiger partial charge >= 0.3 is 5.97 Å². The molecule has 1 amide bonds. The van der Waals surface area contributed by atoms with Crippen LogP contribution < -0.4 is 0 Å². The van der Waals surface area contributed by atoms with E-state index in [0.717, 1.165) is 23.3 Å². The Labute approximate surface area is 111 Å². The number of amides is 1. The normalized spacial score (nSPS) is 10.4. The maximum Gasteiger partial charge on any atom is 0.323 e. The molecule has 4 nitrogen and oxygen atoms in total. The molecule has 0 atom stereocenters. The minimum Gasteiger partial charge on any atom is -0.480 e. The van der Waals surface area contributed by atoms with Crippen molar-refractivity contribution in [3.8, 4) is 0 Å². The van der Waals surface area contributed by atoms with E-state index in [2.05, 4.69) is 0 Å². The van der Waals surface area contributed by atoms with Crippen LogP contribution in [0.4, 0.5) is 0 Å². The Bertz CT molecular complexity index is 439. The largest absolute Gasteiger partial charge is 0.480 e. The first-order valence-electron chi connectivity index (χ1n) is 6.09. The zero-order valence-corrected chi connectivity index (χ0v) is 11.8. The van der Waals surface area contributed by atoms with Crippen molar-refractivity contribution in [3.63, 3.8) is 0 Å². The molecule has 0 aliphatic carbocycles. The van der Waals surface area contributed by atoms with Gasteiger partial charge in [-0.25, -0.2) is 0 Å². The van der Waals surface area contributed by atoms with Crippen molar-refractivity contribution in [2.75, 3.05) is 13.1 Å². The van der Waals surface area contributed by atoms with E-state index in [1.807, 2.05) is 26.8 Å². The van der Waals surface area contributed by atoms with E-state index in [0.29, 0.717) is 11.4 Å². The Balaban J connectivity index is 2.90. The molecule has 0 aliphatic rings. The second-order valence-electron chi connectivity index (χ2n) is 4.17. The van der Waals surface area contributed by atoms with Gasteiger partial charge in [-0.15, -0.1) is 11.3 Å². The molecule has 100 valence electrons. The van der Waals surface area contributed by atoms with Gasteiger partial charge in [0.1, 0.15) is 6.54 Å². The van der Waals surface area contributed by atoms with Gasteiger partial charge in [0.15, 0.2) is 0 Å². The van der Waals surface area contributed by atoms with E-state index < -0.39 is 5.97 Å². The third-order valence-corrected chi connectivity index (χ3v) is 3.80. The summed E-state index contributed by atoms with van der Waals surface area (Å²) in [7, 11) is 0. The molecule has 0 spiro atoms. The number of nitrogens with zero attached hydrogens (tertiary/aromatic N) is 1. The van der Waals surface area contributed by atoms with Gasteiger partial charge in [-0.2, -0.15) is 0 Å². The van der Waals surface area contributed by atoms with E-state index in [4.69, 9.17) is 5.11 Å². The Hall–Kier alpha value is -1.36. The predicted molar refractivity (Wildman–Crippen MR) is 72.3 cm³/mol. The molecule has 0 unspecified atom stereocenters. The number of thiophene rings is 1. The standard InChI is InChI=1S/C13H19NO3S/c1-4-6-14(8-12(15)16)13(17)11-7-10(5-2)9(3)18-11/h7H,4-6,8H2,1-3H3,(H,15,16). The smallest absolute Gasteiger partial charge is 0.323 e. The zero-order valence-electron chi connectivity index (χ0n) is 11.0. The fourth-order valence-electron chi connectivity index (χ4n) is 1.82. The number of carboxylic acid groups (broad SMARTS) is 1. The molecule has 1 rings (SSSR count). The van der Waals surface area contributed by atoms with Crippen LogP contribution in [0.1, 0.15) is 40.4 Å². The third-order valence-electron chi connectivity index (χ3n) is 2.72. The highest BCUT2D eigenvalue weighted by Gasteiger charge is 2.20. The highest BCUT2D eigenvalue weighted by atomic mass is 32.1. The number of aryl methyl sites for hydroxylation is 2. The number of hydrogen-bond donors (Lipinski definition) is 1. The molecular formula is C13H19NO3S. The summed E-state index contributed by atoms with van der Waals surface area (Å²) in [6.07, 6.45) is 1.65. The van der Waals surface area contributed by atoms with Gasteiger partial charge < -0.3 is 10.0 Å². The van der Waals surface area contributed by atoms with E-state index >= 15 is 0 Å². The maximum absolute atomic E-state index is 12.2. The van der Waals surface area contributed by atoms with Crippen molar-refractivity contribution in [3.05, 3.63) is 21.4 Å². The van der Waals surface area contributed by atoms with Crippen LogP contribution >= 0.6 is 11.3 Å². The first-order valence-corrected chi connectivity index (χ1v) is 6.91. The average molecular weight is 269 g/mol. The molecule has 0 fully saturated rings. The highest BCUT2D eigenvalue weighted by Crippen LogP contribution is 2.23. The second-order valence-corrected chi connectivity index (χ2v) is 5.42. The monoisotopic (exact) mass is 269 g/mol. The Kier molecular flexibility index (Phi) is 5.34. The summed E-state index contributed by atoms with van der Waals surface area (Å²) in [5, 5.41) is 8.82. The summed E-state index contributed by atoms with van der Waals surface area (Å²) >= 11 is 1.44. The van der Waals surface area contributed by atoms with Crippen molar-refractivity contribution in [2.24, 2.45) is 0 Å². The van der Waals surface area contributed by atoms with Crippen LogP contribution in [0, 0.1) is 6.92 Å². The van der Waals surface area contributed by atoms with Crippen molar-refractivity contribution in [1.29, 1.82) is 0 Å². The molecular weight excluding hydrogens is 250 g/mol. The first kappa shape index (κ1) is 14.7. The summed E-state index contributed by atoms with van der Waals surface area (Å²) in [5.41, 5.74) is 1.16. The Morgan fingerprint density at radius 2 is 2.06 bits per heavy atom. The molecule has 5 heteroatoms. The van der Waals surface area contributed by atoms with Crippen LogP contribution in [0.15, 0.2) is 6.07 Å². The molecule has 1 heterocycles. The Morgan fingerprint density at radius 3 is 2.50 bits per heavy atom. The summed E-state index contributed by atoms with van der Waals surface area (Å²) in [6, 6.07) is 1.88. The van der Waals surface area contributed by atoms with Crippen molar-refractivity contribution in [1.82, 2.24) is 4.90 Å². The molecule has 1 N–H and O–H groups in total. The Morgan fingerprint density at radius 1 is 1.39 bits per heavy atom. The molecule has 0 radical (unpaired) electrons. The molecule has 1 aromatic rings. The fourth-order valence-corrected chi connectivity index (χ4v) is 2.90. The first-order chi connectivity index (χ1) is 8.49. The number of carbonyl (C=O) groups is 2. The summed E-state index contributed by atoms with van der Waals surface area (Å²) in [5.74, 6) is -1.15. The van der Waals surface area contributed by atoms with Crippen LogP contribution in [0.5, 0.6) is 0 Å². The third kappa shape index (κ3) is 3.57. The van der Waals surface area contributed by atoms with E-state index in [1.54, 1.807) is 0 Å². The second kappa shape index (κ2) is 6.54. The molecule has 0 bridgehead atoms. The lowest BCUT2D eigenvalue weighted by molar-refractivity contribution is -0.137. The van der Waals surface area contributed by atoms with Gasteiger partial charge in [0.25, 0.3) is 5.91 Å². The molecule has 0 saturated heterocycles. The van der Waals surface area contributed by atoms with Gasteiger partial charge in [0.05, 0.1) is 4.88 Å². The van der Waals surface area contributed by atoms with E-state index in [9.17, 15) is 9.59 Å². The van der Waals surface area contributed by atoms with Gasteiger partial charge in [-0.1, -0.05) is 13.8 Å². The molecule has 0 aliphatic heterocycles. The summed E-state index contributed by atoms with van der Waals surface area (Å²) in [6.45, 7) is 6.21. The maximum atomic E-state index is 12.2. The predicted octanol–water partition coefficient (Wildman–Crippen LogP) is 2.56. The number of carbonyl (C=O) groups excluding carboxylic acids is 1. The van der Waals surface area contributed by atoms with Crippen LogP contribution in [-0.2, 0) is 11.2 Å². The van der Waals surface area contributed by atoms with Crippen LogP contribution in [0.2, 0.25) is 0 Å². The molecule has 1 aromatic heterocycles. The van der Waals surface area contributed by atoms with Crippen LogP contribution in [0.3, 0.4) is 0 Å². The SMILES string of the molecule is CCCN(CC(=O)O)C(=O)c1cc(CC)c(C)s1. The summed E-state index contributed by atoms with van der Waals surface area (Å²) < 4.78 is 0. The highest BCUT2D eigenvalue weighted by molar-refractivity contribution is 7.14. The number of aliphatic carboxylic acids is 1. The van der Waals surface area contributed by atoms with Crippen LogP contribution in [0.25, 0.3) is 0 Å². The quantitative estimate of drug-likeness (QED) is 0.863. The average Bonchev–Trinajstić information content (AvgIpc) is 2.68. The van der Waals surface area contributed by atoms with E-state index in [1.165, 1.54) is 16.2 Å².